The molecule has 184 valence electrons. The molecule has 0 aliphatic heterocycles. The van der Waals surface area contributed by atoms with E-state index < -0.39 is 15.9 Å². The highest BCUT2D eigenvalue weighted by molar-refractivity contribution is 7.92. The van der Waals surface area contributed by atoms with Gasteiger partial charge in [-0.05, 0) is 96.5 Å². The van der Waals surface area contributed by atoms with E-state index in [0.29, 0.717) is 17.1 Å². The fraction of sp³-hybridized carbons (Fsp3) is 0.111. The van der Waals surface area contributed by atoms with Gasteiger partial charge in [-0.25, -0.2) is 8.42 Å². The summed E-state index contributed by atoms with van der Waals surface area (Å²) in [7, 11) is -3.76. The Hall–Kier alpha value is -3.95. The molecule has 0 aliphatic carbocycles. The van der Waals surface area contributed by atoms with E-state index in [1.807, 2.05) is 56.3 Å². The lowest BCUT2D eigenvalue weighted by Gasteiger charge is -2.12. The first kappa shape index (κ1) is 25.2. The molecule has 4 aromatic rings. The molecule has 0 aromatic heterocycles. The summed E-state index contributed by atoms with van der Waals surface area (Å²) in [5.74, 6) is 0.159. The molecule has 0 atom stereocenters. The number of fused-ring (bicyclic) bond motifs is 1. The lowest BCUT2D eigenvalue weighted by molar-refractivity contribution is -0.121. The average molecular weight is 520 g/mol. The van der Waals surface area contributed by atoms with Gasteiger partial charge in [0.15, 0.2) is 11.7 Å². The zero-order valence-electron chi connectivity index (χ0n) is 19.7. The number of aryl methyl sites for hydroxylation is 2. The van der Waals surface area contributed by atoms with Crippen molar-refractivity contribution in [3.05, 3.63) is 96.1 Å². The second kappa shape index (κ2) is 10.8. The van der Waals surface area contributed by atoms with Gasteiger partial charge in [-0.1, -0.05) is 36.4 Å². The van der Waals surface area contributed by atoms with Crippen LogP contribution in [0.4, 0.5) is 11.4 Å². The number of rotatable bonds is 7. The van der Waals surface area contributed by atoms with Gasteiger partial charge in [0.1, 0.15) is 5.75 Å². The van der Waals surface area contributed by atoms with Crippen molar-refractivity contribution in [1.82, 2.24) is 5.32 Å². The molecule has 0 bridgehead atoms. The van der Waals surface area contributed by atoms with Gasteiger partial charge in [0.2, 0.25) is 0 Å². The Morgan fingerprint density at radius 1 is 0.833 bits per heavy atom. The summed E-state index contributed by atoms with van der Waals surface area (Å²) >= 11 is 5.19. The summed E-state index contributed by atoms with van der Waals surface area (Å²) in [6.45, 7) is 3.60. The van der Waals surface area contributed by atoms with E-state index >= 15 is 0 Å². The smallest absolute Gasteiger partial charge is 0.264 e. The van der Waals surface area contributed by atoms with Crippen molar-refractivity contribution < 1.29 is 17.9 Å². The van der Waals surface area contributed by atoms with Crippen molar-refractivity contribution in [2.75, 3.05) is 16.6 Å². The average Bonchev–Trinajstić information content (AvgIpc) is 2.82. The number of anilines is 2. The van der Waals surface area contributed by atoms with Crippen LogP contribution < -0.4 is 20.1 Å². The van der Waals surface area contributed by atoms with Crippen LogP contribution >= 0.6 is 12.2 Å². The van der Waals surface area contributed by atoms with Crippen LogP contribution in [0.25, 0.3) is 10.8 Å². The van der Waals surface area contributed by atoms with E-state index in [9.17, 15) is 13.2 Å². The van der Waals surface area contributed by atoms with E-state index in [1.165, 1.54) is 12.1 Å². The Balaban J connectivity index is 1.30. The summed E-state index contributed by atoms with van der Waals surface area (Å²) in [6, 6.07) is 25.0. The number of sulfonamides is 1. The minimum atomic E-state index is -3.76. The number of hydrogen-bond donors (Lipinski definition) is 3. The van der Waals surface area contributed by atoms with Gasteiger partial charge in [-0.2, -0.15) is 0 Å². The standard InChI is InChI=1S/C27H25N3O4S2/c1-18-13-19(2)15-23(14-18)30-36(32,33)25-11-8-22(9-12-25)28-27(35)29-26(31)17-34-24-10-7-20-5-3-4-6-21(20)16-24/h3-16,30H,17H2,1-2H3,(H2,28,29,31,35). The SMILES string of the molecule is Cc1cc(C)cc(NS(=O)(=O)c2ccc(NC(=S)NC(=O)COc3ccc4ccccc4c3)cc2)c1. The summed E-state index contributed by atoms with van der Waals surface area (Å²) in [4.78, 5) is 12.3. The first-order valence-electron chi connectivity index (χ1n) is 11.1. The van der Waals surface area contributed by atoms with Crippen molar-refractivity contribution in [2.24, 2.45) is 0 Å². The van der Waals surface area contributed by atoms with Crippen LogP contribution in [0.3, 0.4) is 0 Å². The number of hydrogen-bond acceptors (Lipinski definition) is 5. The largest absolute Gasteiger partial charge is 0.484 e. The summed E-state index contributed by atoms with van der Waals surface area (Å²) in [5.41, 5.74) is 2.96. The number of amides is 1. The van der Waals surface area contributed by atoms with Gasteiger partial charge in [-0.15, -0.1) is 0 Å². The van der Waals surface area contributed by atoms with E-state index in [4.69, 9.17) is 17.0 Å². The van der Waals surface area contributed by atoms with E-state index in [1.54, 1.807) is 30.3 Å². The third kappa shape index (κ3) is 6.59. The molecule has 0 unspecified atom stereocenters. The maximum Gasteiger partial charge on any atom is 0.264 e. The number of carbonyl (C=O) groups is 1. The van der Waals surface area contributed by atoms with Crippen LogP contribution in [-0.2, 0) is 14.8 Å². The predicted octanol–water partition coefficient (Wildman–Crippen LogP) is 5.15. The minimum absolute atomic E-state index is 0.0751. The Kier molecular flexibility index (Phi) is 7.52. The number of thiocarbonyl (C=S) groups is 1. The van der Waals surface area contributed by atoms with Gasteiger partial charge < -0.3 is 10.1 Å². The Morgan fingerprint density at radius 2 is 1.50 bits per heavy atom. The third-order valence-corrected chi connectivity index (χ3v) is 6.84. The summed E-state index contributed by atoms with van der Waals surface area (Å²) < 4.78 is 33.6. The molecule has 0 heterocycles. The molecule has 4 aromatic carbocycles. The van der Waals surface area contributed by atoms with Gasteiger partial charge >= 0.3 is 0 Å². The topological polar surface area (TPSA) is 96.5 Å². The summed E-state index contributed by atoms with van der Waals surface area (Å²) in [5, 5.41) is 7.59. The van der Waals surface area contributed by atoms with Gasteiger partial charge in [0, 0.05) is 11.4 Å². The molecular formula is C27H25N3O4S2. The second-order valence-corrected chi connectivity index (χ2v) is 10.4. The van der Waals surface area contributed by atoms with Gasteiger partial charge in [0.25, 0.3) is 15.9 Å². The van der Waals surface area contributed by atoms with Crippen LogP contribution in [0.2, 0.25) is 0 Å². The maximum atomic E-state index is 12.7. The molecular weight excluding hydrogens is 494 g/mol. The molecule has 0 spiro atoms. The van der Waals surface area contributed by atoms with Crippen LogP contribution in [0.5, 0.6) is 5.75 Å². The third-order valence-electron chi connectivity index (χ3n) is 5.24. The van der Waals surface area contributed by atoms with Crippen molar-refractivity contribution >= 4 is 55.4 Å². The van der Waals surface area contributed by atoms with Crippen molar-refractivity contribution in [2.45, 2.75) is 18.7 Å². The maximum absolute atomic E-state index is 12.7. The number of ether oxygens (including phenoxy) is 1. The van der Waals surface area contributed by atoms with Crippen LogP contribution in [-0.4, -0.2) is 26.0 Å². The van der Waals surface area contributed by atoms with Crippen molar-refractivity contribution in [1.29, 1.82) is 0 Å². The number of benzene rings is 4. The molecule has 0 saturated carbocycles. The highest BCUT2D eigenvalue weighted by atomic mass is 32.2. The first-order valence-corrected chi connectivity index (χ1v) is 13.0. The molecule has 7 nitrogen and oxygen atoms in total. The first-order chi connectivity index (χ1) is 17.2. The lowest BCUT2D eigenvalue weighted by atomic mass is 10.1. The fourth-order valence-corrected chi connectivity index (χ4v) is 4.97. The molecule has 4 rings (SSSR count). The molecule has 0 aliphatic rings. The number of carbonyl (C=O) groups excluding carboxylic acids is 1. The zero-order valence-corrected chi connectivity index (χ0v) is 21.4. The van der Waals surface area contributed by atoms with E-state index in [0.717, 1.165) is 21.9 Å². The Morgan fingerprint density at radius 3 is 2.19 bits per heavy atom. The highest BCUT2D eigenvalue weighted by Crippen LogP contribution is 2.21. The normalized spacial score (nSPS) is 11.1. The molecule has 0 radical (unpaired) electrons. The number of nitrogens with one attached hydrogen (secondary N) is 3. The van der Waals surface area contributed by atoms with E-state index in [2.05, 4.69) is 15.4 Å². The quantitative estimate of drug-likeness (QED) is 0.292. The lowest BCUT2D eigenvalue weighted by Crippen LogP contribution is -2.37. The summed E-state index contributed by atoms with van der Waals surface area (Å²) in [6.07, 6.45) is 0. The Labute approximate surface area is 215 Å². The molecule has 0 saturated heterocycles. The van der Waals surface area contributed by atoms with Gasteiger partial charge in [-0.3, -0.25) is 14.8 Å². The monoisotopic (exact) mass is 519 g/mol. The Bertz CT molecular complexity index is 1510. The predicted molar refractivity (Wildman–Crippen MR) is 147 cm³/mol. The minimum Gasteiger partial charge on any atom is -0.484 e. The molecule has 9 heteroatoms. The van der Waals surface area contributed by atoms with E-state index in [-0.39, 0.29) is 16.6 Å². The molecule has 0 fully saturated rings. The highest BCUT2D eigenvalue weighted by Gasteiger charge is 2.15. The fourth-order valence-electron chi connectivity index (χ4n) is 3.70. The van der Waals surface area contributed by atoms with Crippen LogP contribution in [0.15, 0.2) is 89.8 Å². The second-order valence-electron chi connectivity index (χ2n) is 8.31. The van der Waals surface area contributed by atoms with Crippen LogP contribution in [0.1, 0.15) is 11.1 Å². The molecule has 36 heavy (non-hydrogen) atoms. The molecule has 3 N–H and O–H groups in total. The van der Waals surface area contributed by atoms with Crippen molar-refractivity contribution in [3.8, 4) is 5.75 Å². The van der Waals surface area contributed by atoms with Crippen molar-refractivity contribution in [3.63, 3.8) is 0 Å². The molecule has 1 amide bonds. The van der Waals surface area contributed by atoms with Gasteiger partial charge in [0.05, 0.1) is 4.90 Å². The van der Waals surface area contributed by atoms with Crippen LogP contribution in [0, 0.1) is 13.8 Å². The zero-order chi connectivity index (χ0) is 25.7.